The van der Waals surface area contributed by atoms with Gasteiger partial charge in [-0.3, -0.25) is 4.79 Å². The molecule has 0 spiro atoms. The van der Waals surface area contributed by atoms with Gasteiger partial charge in [0.2, 0.25) is 5.82 Å². The first-order chi connectivity index (χ1) is 13.4. The molecule has 3 heterocycles. The second-order valence-electron chi connectivity index (χ2n) is 5.90. The number of rotatable bonds is 4. The molecular formula is C18H12F3N5O2. The minimum absolute atomic E-state index is 0.178. The Bertz CT molecular complexity index is 1140. The Kier molecular flexibility index (Phi) is 4.30. The van der Waals surface area contributed by atoms with E-state index in [9.17, 15) is 18.0 Å². The van der Waals surface area contributed by atoms with Crippen LogP contribution in [0.2, 0.25) is 0 Å². The number of halogens is 3. The molecular weight excluding hydrogens is 375 g/mol. The zero-order valence-electron chi connectivity index (χ0n) is 14.1. The summed E-state index contributed by atoms with van der Waals surface area (Å²) in [6.45, 7) is 0.349. The van der Waals surface area contributed by atoms with Gasteiger partial charge in [0.05, 0.1) is 0 Å². The lowest BCUT2D eigenvalue weighted by Gasteiger charge is -2.02. The van der Waals surface area contributed by atoms with Gasteiger partial charge >= 0.3 is 12.1 Å². The van der Waals surface area contributed by atoms with Crippen molar-refractivity contribution in [3.05, 3.63) is 72.0 Å². The Morgan fingerprint density at radius 1 is 1.07 bits per heavy atom. The van der Waals surface area contributed by atoms with E-state index in [1.54, 1.807) is 6.07 Å². The number of nitrogens with zero attached hydrogens (tertiary/aromatic N) is 4. The molecule has 0 aliphatic heterocycles. The molecule has 142 valence electrons. The van der Waals surface area contributed by atoms with E-state index in [0.29, 0.717) is 17.8 Å². The van der Waals surface area contributed by atoms with Crippen molar-refractivity contribution in [2.24, 2.45) is 0 Å². The number of carbonyl (C=O) groups excluding carboxylic acids is 1. The molecule has 4 aromatic rings. The summed E-state index contributed by atoms with van der Waals surface area (Å²) in [6, 6.07) is 12.4. The van der Waals surface area contributed by atoms with Crippen molar-refractivity contribution in [3.63, 3.8) is 0 Å². The van der Waals surface area contributed by atoms with Gasteiger partial charge in [0, 0.05) is 24.5 Å². The van der Waals surface area contributed by atoms with Gasteiger partial charge in [0.25, 0.3) is 5.91 Å². The minimum atomic E-state index is -4.71. The van der Waals surface area contributed by atoms with E-state index in [0.717, 1.165) is 5.56 Å². The van der Waals surface area contributed by atoms with Gasteiger partial charge in [-0.2, -0.15) is 18.2 Å². The maximum Gasteiger partial charge on any atom is 0.471 e. The highest BCUT2D eigenvalue weighted by Gasteiger charge is 2.38. The topological polar surface area (TPSA) is 85.3 Å². The predicted molar refractivity (Wildman–Crippen MR) is 91.1 cm³/mol. The van der Waals surface area contributed by atoms with Crippen molar-refractivity contribution in [1.82, 2.24) is 24.8 Å². The van der Waals surface area contributed by atoms with Gasteiger partial charge in [-0.05, 0) is 17.7 Å². The predicted octanol–water partition coefficient (Wildman–Crippen LogP) is 3.33. The highest BCUT2D eigenvalue weighted by molar-refractivity contribution is 5.92. The summed E-state index contributed by atoms with van der Waals surface area (Å²) in [4.78, 5) is 19.9. The second-order valence-corrected chi connectivity index (χ2v) is 5.90. The molecule has 0 bridgehead atoms. The van der Waals surface area contributed by atoms with Crippen LogP contribution in [0.15, 0.2) is 59.4 Å². The van der Waals surface area contributed by atoms with E-state index in [4.69, 9.17) is 0 Å². The number of pyridine rings is 1. The lowest BCUT2D eigenvalue weighted by Crippen LogP contribution is -2.23. The first-order valence-corrected chi connectivity index (χ1v) is 8.12. The molecule has 1 aromatic carbocycles. The molecule has 0 saturated carbocycles. The summed E-state index contributed by atoms with van der Waals surface area (Å²) in [6.07, 6.45) is -1.76. The van der Waals surface area contributed by atoms with Crippen LogP contribution in [0.25, 0.3) is 17.0 Å². The van der Waals surface area contributed by atoms with Gasteiger partial charge in [0.15, 0.2) is 0 Å². The largest absolute Gasteiger partial charge is 0.471 e. The van der Waals surface area contributed by atoms with Gasteiger partial charge in [-0.25, -0.2) is 4.98 Å². The molecule has 0 atom stereocenters. The van der Waals surface area contributed by atoms with Crippen molar-refractivity contribution >= 4 is 11.6 Å². The van der Waals surface area contributed by atoms with E-state index >= 15 is 0 Å². The van der Waals surface area contributed by atoms with Gasteiger partial charge in [-0.15, -0.1) is 0 Å². The quantitative estimate of drug-likeness (QED) is 0.581. The monoisotopic (exact) mass is 387 g/mol. The van der Waals surface area contributed by atoms with E-state index in [1.807, 2.05) is 30.3 Å². The molecule has 0 radical (unpaired) electrons. The third-order valence-corrected chi connectivity index (χ3v) is 3.91. The molecule has 7 nitrogen and oxygen atoms in total. The Hall–Kier alpha value is -3.69. The molecule has 28 heavy (non-hydrogen) atoms. The van der Waals surface area contributed by atoms with Crippen LogP contribution in [0, 0.1) is 0 Å². The summed E-state index contributed by atoms with van der Waals surface area (Å²) in [5.74, 6) is -2.00. The molecule has 0 unspecified atom stereocenters. The standard InChI is InChI=1S/C18H12F3N5O2/c19-18(20,21)17-24-15(25-28-17)12-6-7-14-23-13(10-26(14)9-12)16(27)22-8-11-4-2-1-3-5-11/h1-7,9-10H,8H2,(H,22,27). The first-order valence-electron chi connectivity index (χ1n) is 8.12. The van der Waals surface area contributed by atoms with Gasteiger partial charge in [0.1, 0.15) is 11.3 Å². The molecule has 3 aromatic heterocycles. The summed E-state index contributed by atoms with van der Waals surface area (Å²) < 4.78 is 43.6. The van der Waals surface area contributed by atoms with E-state index in [-0.39, 0.29) is 17.4 Å². The number of amides is 1. The average molecular weight is 387 g/mol. The smallest absolute Gasteiger partial charge is 0.347 e. The molecule has 0 fully saturated rings. The number of fused-ring (bicyclic) bond motifs is 1. The van der Waals surface area contributed by atoms with Crippen molar-refractivity contribution in [2.75, 3.05) is 0 Å². The van der Waals surface area contributed by atoms with Crippen LogP contribution in [0.3, 0.4) is 0 Å². The SMILES string of the molecule is O=C(NCc1ccccc1)c1cn2cc(-c3noc(C(F)(F)F)n3)ccc2n1. The van der Waals surface area contributed by atoms with E-state index in [2.05, 4.69) is 25.0 Å². The number of nitrogens with one attached hydrogen (secondary N) is 1. The second kappa shape index (κ2) is 6.80. The summed E-state index contributed by atoms with van der Waals surface area (Å²) in [5.41, 5.74) is 1.87. The van der Waals surface area contributed by atoms with Crippen LogP contribution in [0.5, 0.6) is 0 Å². The number of alkyl halides is 3. The molecule has 10 heteroatoms. The zero-order valence-corrected chi connectivity index (χ0v) is 14.1. The van der Waals surface area contributed by atoms with Gasteiger partial charge in [-0.1, -0.05) is 35.5 Å². The number of hydrogen-bond acceptors (Lipinski definition) is 5. The molecule has 1 N–H and O–H groups in total. The minimum Gasteiger partial charge on any atom is -0.347 e. The normalized spacial score (nSPS) is 11.7. The first kappa shape index (κ1) is 17.7. The molecule has 0 aliphatic rings. The van der Waals surface area contributed by atoms with Crippen LogP contribution in [-0.4, -0.2) is 25.4 Å². The van der Waals surface area contributed by atoms with Crippen LogP contribution in [0.4, 0.5) is 13.2 Å². The fourth-order valence-corrected chi connectivity index (χ4v) is 2.56. The Labute approximate surface area is 155 Å². The number of imidazole rings is 1. The number of benzene rings is 1. The Morgan fingerprint density at radius 3 is 2.57 bits per heavy atom. The highest BCUT2D eigenvalue weighted by atomic mass is 19.4. The zero-order chi connectivity index (χ0) is 19.7. The van der Waals surface area contributed by atoms with E-state index in [1.165, 1.54) is 22.9 Å². The van der Waals surface area contributed by atoms with Gasteiger partial charge < -0.3 is 14.2 Å². The fraction of sp³-hybridized carbons (Fsp3) is 0.111. The molecule has 0 aliphatic carbocycles. The van der Waals surface area contributed by atoms with Crippen LogP contribution >= 0.6 is 0 Å². The van der Waals surface area contributed by atoms with Crippen molar-refractivity contribution < 1.29 is 22.5 Å². The van der Waals surface area contributed by atoms with Crippen LogP contribution in [0.1, 0.15) is 21.9 Å². The van der Waals surface area contributed by atoms with E-state index < -0.39 is 12.1 Å². The molecule has 4 rings (SSSR count). The maximum atomic E-state index is 12.6. The summed E-state index contributed by atoms with van der Waals surface area (Å²) in [7, 11) is 0. The summed E-state index contributed by atoms with van der Waals surface area (Å²) in [5, 5.41) is 6.11. The lowest BCUT2D eigenvalue weighted by atomic mass is 10.2. The molecule has 1 amide bonds. The third kappa shape index (κ3) is 3.56. The van der Waals surface area contributed by atoms with Crippen LogP contribution < -0.4 is 5.32 Å². The van der Waals surface area contributed by atoms with Crippen molar-refractivity contribution in [1.29, 1.82) is 0 Å². The Morgan fingerprint density at radius 2 is 1.86 bits per heavy atom. The fourth-order valence-electron chi connectivity index (χ4n) is 2.56. The van der Waals surface area contributed by atoms with Crippen LogP contribution in [-0.2, 0) is 12.7 Å². The number of aromatic nitrogens is 4. The van der Waals surface area contributed by atoms with Crippen molar-refractivity contribution in [2.45, 2.75) is 12.7 Å². The third-order valence-electron chi connectivity index (χ3n) is 3.91. The lowest BCUT2D eigenvalue weighted by molar-refractivity contribution is -0.159. The Balaban J connectivity index is 1.54. The average Bonchev–Trinajstić information content (AvgIpc) is 3.33. The summed E-state index contributed by atoms with van der Waals surface area (Å²) >= 11 is 0. The number of hydrogen-bond donors (Lipinski definition) is 1. The highest BCUT2D eigenvalue weighted by Crippen LogP contribution is 2.29. The number of carbonyl (C=O) groups is 1. The maximum absolute atomic E-state index is 12.6. The van der Waals surface area contributed by atoms with Crippen molar-refractivity contribution in [3.8, 4) is 11.4 Å². The molecule has 0 saturated heterocycles.